The first-order valence-electron chi connectivity index (χ1n) is 7.39. The number of hydrogen-bond donors (Lipinski definition) is 2. The van der Waals surface area contributed by atoms with E-state index in [9.17, 15) is 14.7 Å². The number of aliphatic hydroxyl groups excluding tert-OH is 1. The lowest BCUT2D eigenvalue weighted by molar-refractivity contribution is -0.135. The van der Waals surface area contributed by atoms with Crippen molar-refractivity contribution < 1.29 is 19.4 Å². The minimum atomic E-state index is -0.666. The van der Waals surface area contributed by atoms with E-state index in [4.69, 9.17) is 4.74 Å². The summed E-state index contributed by atoms with van der Waals surface area (Å²) in [4.78, 5) is 25.3. The van der Waals surface area contributed by atoms with Crippen LogP contribution in [-0.2, 0) is 14.3 Å². The Morgan fingerprint density at radius 1 is 1.35 bits per heavy atom. The Morgan fingerprint density at radius 3 is 2.55 bits per heavy atom. The molecule has 6 nitrogen and oxygen atoms in total. The standard InChI is InChI=1S/C14H26N2O4/c1-3-13(18)16-7-5-11(6-8-16)14(19)15-9-12(17)10-20-4-2/h11-12,17H,3-10H2,1-2H3,(H,15,19)/t12-/m0/s1. The third-order valence-corrected chi connectivity index (χ3v) is 3.55. The normalized spacial score (nSPS) is 17.9. The molecule has 20 heavy (non-hydrogen) atoms. The largest absolute Gasteiger partial charge is 0.389 e. The van der Waals surface area contributed by atoms with Crippen LogP contribution in [0.25, 0.3) is 0 Å². The molecule has 0 aromatic heterocycles. The number of aliphatic hydroxyl groups is 1. The fourth-order valence-corrected chi connectivity index (χ4v) is 2.29. The van der Waals surface area contributed by atoms with Gasteiger partial charge in [0.05, 0.1) is 12.7 Å². The van der Waals surface area contributed by atoms with Gasteiger partial charge in [-0.1, -0.05) is 6.92 Å². The average molecular weight is 286 g/mol. The summed E-state index contributed by atoms with van der Waals surface area (Å²) in [6, 6.07) is 0. The zero-order chi connectivity index (χ0) is 15.0. The third kappa shape index (κ3) is 5.46. The number of ether oxygens (including phenoxy) is 1. The molecular weight excluding hydrogens is 260 g/mol. The molecule has 1 atom stereocenters. The predicted molar refractivity (Wildman–Crippen MR) is 75.1 cm³/mol. The van der Waals surface area contributed by atoms with E-state index in [-0.39, 0.29) is 30.9 Å². The molecule has 116 valence electrons. The monoisotopic (exact) mass is 286 g/mol. The molecule has 2 amide bonds. The van der Waals surface area contributed by atoms with Crippen molar-refractivity contribution >= 4 is 11.8 Å². The number of likely N-dealkylation sites (tertiary alicyclic amines) is 1. The topological polar surface area (TPSA) is 78.9 Å². The first-order valence-corrected chi connectivity index (χ1v) is 7.39. The van der Waals surface area contributed by atoms with Crippen molar-refractivity contribution in [3.05, 3.63) is 0 Å². The number of carbonyl (C=O) groups is 2. The number of carbonyl (C=O) groups excluding carboxylic acids is 2. The third-order valence-electron chi connectivity index (χ3n) is 3.55. The van der Waals surface area contributed by atoms with Crippen molar-refractivity contribution in [2.45, 2.75) is 39.2 Å². The number of rotatable bonds is 7. The van der Waals surface area contributed by atoms with Crippen LogP contribution in [0.15, 0.2) is 0 Å². The van der Waals surface area contributed by atoms with E-state index in [2.05, 4.69) is 5.32 Å². The molecule has 1 aliphatic rings. The minimum Gasteiger partial charge on any atom is -0.389 e. The van der Waals surface area contributed by atoms with Gasteiger partial charge in [-0.3, -0.25) is 9.59 Å². The summed E-state index contributed by atoms with van der Waals surface area (Å²) in [7, 11) is 0. The highest BCUT2D eigenvalue weighted by Crippen LogP contribution is 2.17. The van der Waals surface area contributed by atoms with Gasteiger partial charge in [-0.05, 0) is 19.8 Å². The Bertz CT molecular complexity index is 314. The highest BCUT2D eigenvalue weighted by atomic mass is 16.5. The fraction of sp³-hybridized carbons (Fsp3) is 0.857. The maximum atomic E-state index is 12.0. The van der Waals surface area contributed by atoms with Crippen LogP contribution in [0.2, 0.25) is 0 Å². The lowest BCUT2D eigenvalue weighted by Crippen LogP contribution is -2.44. The molecular formula is C14H26N2O4. The Morgan fingerprint density at radius 2 is 2.00 bits per heavy atom. The van der Waals surface area contributed by atoms with Gasteiger partial charge in [0, 0.05) is 38.6 Å². The van der Waals surface area contributed by atoms with Crippen LogP contribution >= 0.6 is 0 Å². The van der Waals surface area contributed by atoms with Crippen molar-refractivity contribution in [2.24, 2.45) is 5.92 Å². The van der Waals surface area contributed by atoms with E-state index in [1.165, 1.54) is 0 Å². The van der Waals surface area contributed by atoms with E-state index in [1.54, 1.807) is 0 Å². The van der Waals surface area contributed by atoms with Crippen LogP contribution in [-0.4, -0.2) is 60.8 Å². The Balaban J connectivity index is 2.24. The Hall–Kier alpha value is -1.14. The first-order chi connectivity index (χ1) is 9.58. The second kappa shape index (κ2) is 8.92. The first kappa shape index (κ1) is 16.9. The summed E-state index contributed by atoms with van der Waals surface area (Å²) in [6.07, 6.45) is 1.24. The zero-order valence-corrected chi connectivity index (χ0v) is 12.4. The maximum absolute atomic E-state index is 12.0. The van der Waals surface area contributed by atoms with Crippen LogP contribution in [0.4, 0.5) is 0 Å². The summed E-state index contributed by atoms with van der Waals surface area (Å²) < 4.78 is 5.08. The van der Waals surface area contributed by atoms with Crippen molar-refractivity contribution in [3.63, 3.8) is 0 Å². The maximum Gasteiger partial charge on any atom is 0.223 e. The molecule has 0 aliphatic carbocycles. The summed E-state index contributed by atoms with van der Waals surface area (Å²) in [5.74, 6) is 0.0512. The van der Waals surface area contributed by atoms with Crippen LogP contribution in [0.1, 0.15) is 33.1 Å². The van der Waals surface area contributed by atoms with Crippen molar-refractivity contribution in [1.82, 2.24) is 10.2 Å². The molecule has 0 radical (unpaired) electrons. The van der Waals surface area contributed by atoms with Crippen molar-refractivity contribution in [2.75, 3.05) is 32.8 Å². The van der Waals surface area contributed by atoms with E-state index < -0.39 is 6.10 Å². The van der Waals surface area contributed by atoms with Gasteiger partial charge >= 0.3 is 0 Å². The minimum absolute atomic E-state index is 0.0378. The fourth-order valence-electron chi connectivity index (χ4n) is 2.29. The van der Waals surface area contributed by atoms with E-state index in [0.29, 0.717) is 39.0 Å². The predicted octanol–water partition coefficient (Wildman–Crippen LogP) is 0.149. The molecule has 1 rings (SSSR count). The van der Waals surface area contributed by atoms with E-state index in [1.807, 2.05) is 18.7 Å². The number of amides is 2. The Labute approximate surface area is 120 Å². The van der Waals surface area contributed by atoms with Crippen LogP contribution in [0.3, 0.4) is 0 Å². The Kier molecular flexibility index (Phi) is 7.54. The van der Waals surface area contributed by atoms with E-state index in [0.717, 1.165) is 0 Å². The molecule has 0 spiro atoms. The van der Waals surface area contributed by atoms with Gasteiger partial charge < -0.3 is 20.1 Å². The van der Waals surface area contributed by atoms with Gasteiger partial charge in [0.1, 0.15) is 0 Å². The SMILES string of the molecule is CCOC[C@@H](O)CNC(=O)C1CCN(C(=O)CC)CC1. The molecule has 1 fully saturated rings. The molecule has 6 heteroatoms. The van der Waals surface area contributed by atoms with Gasteiger partial charge in [-0.25, -0.2) is 0 Å². The summed E-state index contributed by atoms with van der Waals surface area (Å²) in [5, 5.41) is 12.3. The second-order valence-corrected chi connectivity index (χ2v) is 5.07. The summed E-state index contributed by atoms with van der Waals surface area (Å²) in [5.41, 5.74) is 0. The van der Waals surface area contributed by atoms with Crippen molar-refractivity contribution in [3.8, 4) is 0 Å². The lowest BCUT2D eigenvalue weighted by Gasteiger charge is -2.31. The van der Waals surface area contributed by atoms with Gasteiger partial charge in [-0.15, -0.1) is 0 Å². The number of hydrogen-bond acceptors (Lipinski definition) is 4. The smallest absolute Gasteiger partial charge is 0.223 e. The summed E-state index contributed by atoms with van der Waals surface area (Å²) in [6.45, 7) is 6.00. The number of nitrogens with zero attached hydrogens (tertiary/aromatic N) is 1. The molecule has 1 aliphatic heterocycles. The second-order valence-electron chi connectivity index (χ2n) is 5.07. The number of nitrogens with one attached hydrogen (secondary N) is 1. The van der Waals surface area contributed by atoms with Gasteiger partial charge in [-0.2, -0.15) is 0 Å². The van der Waals surface area contributed by atoms with Gasteiger partial charge in [0.25, 0.3) is 0 Å². The highest BCUT2D eigenvalue weighted by Gasteiger charge is 2.26. The molecule has 2 N–H and O–H groups in total. The van der Waals surface area contributed by atoms with Crippen LogP contribution < -0.4 is 5.32 Å². The molecule has 0 bridgehead atoms. The number of piperidine rings is 1. The molecule has 0 saturated carbocycles. The molecule has 0 aromatic rings. The van der Waals surface area contributed by atoms with E-state index >= 15 is 0 Å². The zero-order valence-electron chi connectivity index (χ0n) is 12.4. The highest BCUT2D eigenvalue weighted by molar-refractivity contribution is 5.80. The van der Waals surface area contributed by atoms with Gasteiger partial charge in [0.15, 0.2) is 0 Å². The quantitative estimate of drug-likeness (QED) is 0.698. The molecule has 0 aromatic carbocycles. The lowest BCUT2D eigenvalue weighted by atomic mass is 9.95. The molecule has 1 heterocycles. The molecule has 1 saturated heterocycles. The van der Waals surface area contributed by atoms with Gasteiger partial charge in [0.2, 0.25) is 11.8 Å². The molecule has 0 unspecified atom stereocenters. The van der Waals surface area contributed by atoms with Crippen LogP contribution in [0.5, 0.6) is 0 Å². The van der Waals surface area contributed by atoms with Crippen molar-refractivity contribution in [1.29, 1.82) is 0 Å². The summed E-state index contributed by atoms with van der Waals surface area (Å²) >= 11 is 0. The average Bonchev–Trinajstić information content (AvgIpc) is 2.49. The van der Waals surface area contributed by atoms with Crippen LogP contribution in [0, 0.1) is 5.92 Å².